The number of hydrogen-bond acceptors (Lipinski definition) is 9. The van der Waals surface area contributed by atoms with Crippen molar-refractivity contribution in [1.29, 1.82) is 10.7 Å². The van der Waals surface area contributed by atoms with Crippen LogP contribution >= 0.6 is 23.2 Å². The van der Waals surface area contributed by atoms with Crippen molar-refractivity contribution in [3.8, 4) is 6.07 Å². The molecule has 3 saturated heterocycles. The van der Waals surface area contributed by atoms with Crippen LogP contribution in [0, 0.1) is 28.6 Å². The molecule has 1 aromatic heterocycles. The Bertz CT molecular complexity index is 1380. The fourth-order valence-electron chi connectivity index (χ4n) is 6.00. The molecule has 3 aliphatic heterocycles. The van der Waals surface area contributed by atoms with Crippen molar-refractivity contribution in [2.24, 2.45) is 11.8 Å². The first-order valence-electron chi connectivity index (χ1n) is 13.4. The van der Waals surface area contributed by atoms with Gasteiger partial charge in [-0.15, -0.1) is 0 Å². The van der Waals surface area contributed by atoms with Gasteiger partial charge in [0.05, 0.1) is 23.7 Å². The molecule has 1 aromatic carbocycles. The maximum absolute atomic E-state index is 11.9. The first-order chi connectivity index (χ1) is 18.6. The first-order valence-corrected chi connectivity index (χ1v) is 16.0. The average Bonchev–Trinajstić information content (AvgIpc) is 2.87. The minimum absolute atomic E-state index is 0.202. The molecule has 3 aliphatic rings. The van der Waals surface area contributed by atoms with E-state index in [0.29, 0.717) is 51.1 Å². The maximum atomic E-state index is 11.9. The Morgan fingerprint density at radius 3 is 2.62 bits per heavy atom. The highest BCUT2D eigenvalue weighted by molar-refractivity contribution is 7.91. The summed E-state index contributed by atoms with van der Waals surface area (Å²) in [5.41, 5.74) is 0.766. The first kappa shape index (κ1) is 28.1. The lowest BCUT2D eigenvalue weighted by Gasteiger charge is -2.48. The molecule has 0 amide bonds. The van der Waals surface area contributed by atoms with E-state index in [1.54, 1.807) is 18.3 Å². The number of anilines is 2. The molecule has 208 valence electrons. The van der Waals surface area contributed by atoms with Gasteiger partial charge in [-0.05, 0) is 68.7 Å². The number of hydrogen-bond donors (Lipinski definition) is 2. The van der Waals surface area contributed by atoms with E-state index in [4.69, 9.17) is 33.6 Å². The quantitative estimate of drug-likeness (QED) is 0.449. The third kappa shape index (κ3) is 6.32. The van der Waals surface area contributed by atoms with Crippen molar-refractivity contribution >= 4 is 50.4 Å². The highest BCUT2D eigenvalue weighted by Crippen LogP contribution is 2.36. The molecular formula is C27H33Cl2N7O2S. The van der Waals surface area contributed by atoms with Crippen LogP contribution in [0.1, 0.15) is 49.9 Å². The van der Waals surface area contributed by atoms with E-state index in [1.165, 1.54) is 6.42 Å². The highest BCUT2D eigenvalue weighted by Gasteiger charge is 2.39. The number of nitrogens with zero attached hydrogens (tertiary/aromatic N) is 5. The molecule has 2 N–H and O–H groups in total. The number of sulfone groups is 1. The Hall–Kier alpha value is -2.45. The fourth-order valence-corrected chi connectivity index (χ4v) is 8.04. The molecule has 0 bridgehead atoms. The second kappa shape index (κ2) is 11.6. The van der Waals surface area contributed by atoms with Crippen LogP contribution in [0.25, 0.3) is 0 Å². The predicted molar refractivity (Wildman–Crippen MR) is 155 cm³/mol. The molecule has 4 heterocycles. The lowest BCUT2D eigenvalue weighted by molar-refractivity contribution is 0.0798. The van der Waals surface area contributed by atoms with E-state index in [0.717, 1.165) is 51.0 Å². The summed E-state index contributed by atoms with van der Waals surface area (Å²) in [7, 11) is -2.85. The summed E-state index contributed by atoms with van der Waals surface area (Å²) in [6, 6.07) is 7.28. The van der Waals surface area contributed by atoms with Gasteiger partial charge in [-0.2, -0.15) is 5.26 Å². The summed E-state index contributed by atoms with van der Waals surface area (Å²) in [6.07, 6.45) is 5.48. The van der Waals surface area contributed by atoms with Gasteiger partial charge in [0, 0.05) is 35.7 Å². The van der Waals surface area contributed by atoms with E-state index >= 15 is 0 Å². The Morgan fingerprint density at radius 1 is 1.18 bits per heavy atom. The van der Waals surface area contributed by atoms with Crippen molar-refractivity contribution in [3.05, 3.63) is 45.7 Å². The predicted octanol–water partition coefficient (Wildman–Crippen LogP) is 4.57. The van der Waals surface area contributed by atoms with Crippen LogP contribution in [-0.2, 0) is 9.84 Å². The molecule has 0 saturated carbocycles. The second-order valence-electron chi connectivity index (χ2n) is 10.9. The van der Waals surface area contributed by atoms with Crippen LogP contribution in [0.3, 0.4) is 0 Å². The minimum atomic E-state index is -2.85. The Labute approximate surface area is 239 Å². The zero-order valence-electron chi connectivity index (χ0n) is 21.9. The van der Waals surface area contributed by atoms with Crippen molar-refractivity contribution < 1.29 is 8.42 Å². The number of benzene rings is 1. The molecule has 0 spiro atoms. The van der Waals surface area contributed by atoms with Crippen LogP contribution in [0.15, 0.2) is 24.4 Å². The number of piperidine rings is 1. The van der Waals surface area contributed by atoms with Gasteiger partial charge in [-0.1, -0.05) is 29.3 Å². The summed E-state index contributed by atoms with van der Waals surface area (Å²) in [5, 5.41) is 21.8. The van der Waals surface area contributed by atoms with Gasteiger partial charge in [-0.3, -0.25) is 5.41 Å². The Balaban J connectivity index is 1.25. The Kier molecular flexibility index (Phi) is 8.34. The minimum Gasteiger partial charge on any atom is -0.362 e. The van der Waals surface area contributed by atoms with Crippen molar-refractivity contribution in [2.75, 3.05) is 47.9 Å². The zero-order chi connectivity index (χ0) is 27.7. The highest BCUT2D eigenvalue weighted by atomic mass is 35.5. The smallest absolute Gasteiger partial charge is 0.161 e. The molecule has 39 heavy (non-hydrogen) atoms. The largest absolute Gasteiger partial charge is 0.362 e. The second-order valence-corrected chi connectivity index (χ2v) is 14.0. The number of likely N-dealkylation sites (tertiary alicyclic amines) is 1. The molecule has 2 atom stereocenters. The summed E-state index contributed by atoms with van der Waals surface area (Å²) < 4.78 is 23.7. The van der Waals surface area contributed by atoms with Crippen molar-refractivity contribution in [2.45, 2.75) is 44.7 Å². The lowest BCUT2D eigenvalue weighted by atomic mass is 9.80. The van der Waals surface area contributed by atoms with Gasteiger partial charge < -0.3 is 15.1 Å². The number of nitriles is 1. The lowest BCUT2D eigenvalue weighted by Crippen LogP contribution is -2.55. The van der Waals surface area contributed by atoms with E-state index in [1.807, 2.05) is 19.1 Å². The van der Waals surface area contributed by atoms with E-state index < -0.39 is 9.84 Å². The van der Waals surface area contributed by atoms with Crippen LogP contribution in [0.5, 0.6) is 0 Å². The van der Waals surface area contributed by atoms with Crippen LogP contribution in [0.4, 0.5) is 11.6 Å². The SMILES string of the molecule is CC(Nc1nc(N2CC(C3CCCN(C4CCS(=O)(=O)CC4)C3)C2)cnc1C(=N)C#N)c1ccc(Cl)cc1Cl. The number of rotatable bonds is 7. The third-order valence-corrected chi connectivity index (χ3v) is 10.6. The molecule has 12 heteroatoms. The number of nitrogens with one attached hydrogen (secondary N) is 2. The van der Waals surface area contributed by atoms with Gasteiger partial charge in [0.1, 0.15) is 27.4 Å². The molecule has 0 radical (unpaired) electrons. The fraction of sp³-hybridized carbons (Fsp3) is 0.556. The van der Waals surface area contributed by atoms with Crippen LogP contribution in [0.2, 0.25) is 10.0 Å². The normalized spacial score (nSPS) is 23.0. The molecule has 9 nitrogen and oxygen atoms in total. The van der Waals surface area contributed by atoms with E-state index in [9.17, 15) is 13.7 Å². The van der Waals surface area contributed by atoms with E-state index in [2.05, 4.69) is 20.1 Å². The van der Waals surface area contributed by atoms with Crippen molar-refractivity contribution in [3.63, 3.8) is 0 Å². The monoisotopic (exact) mass is 589 g/mol. The third-order valence-electron chi connectivity index (χ3n) is 8.32. The molecular weight excluding hydrogens is 557 g/mol. The van der Waals surface area contributed by atoms with Gasteiger partial charge >= 0.3 is 0 Å². The molecule has 0 aliphatic carbocycles. The standard InChI is InChI=1S/C27H33Cl2N7O2S/c1-17(22-5-4-20(28)11-23(22)29)33-27-26(24(31)12-30)32-13-25(34-27)36-15-19(16-36)18-3-2-8-35(14-18)21-6-9-39(37,38)10-7-21/h4-5,11,13,17-19,21,31H,2-3,6-10,14-16H2,1H3,(H,33,34). The van der Waals surface area contributed by atoms with Gasteiger partial charge in [-0.25, -0.2) is 18.4 Å². The molecule has 2 aromatic rings. The van der Waals surface area contributed by atoms with Gasteiger partial charge in [0.2, 0.25) is 0 Å². The summed E-state index contributed by atoms with van der Waals surface area (Å²) in [6.45, 7) is 5.76. The zero-order valence-corrected chi connectivity index (χ0v) is 24.2. The van der Waals surface area contributed by atoms with Crippen LogP contribution < -0.4 is 10.2 Å². The van der Waals surface area contributed by atoms with Gasteiger partial charge in [0.25, 0.3) is 0 Å². The number of aromatic nitrogens is 2. The molecule has 2 unspecified atom stereocenters. The molecule has 5 rings (SSSR count). The summed E-state index contributed by atoms with van der Waals surface area (Å²) in [4.78, 5) is 13.9. The maximum Gasteiger partial charge on any atom is 0.161 e. The van der Waals surface area contributed by atoms with Crippen molar-refractivity contribution in [1.82, 2.24) is 14.9 Å². The van der Waals surface area contributed by atoms with E-state index in [-0.39, 0.29) is 17.4 Å². The topological polar surface area (TPSA) is 126 Å². The summed E-state index contributed by atoms with van der Waals surface area (Å²) in [5.74, 6) is 2.83. The summed E-state index contributed by atoms with van der Waals surface area (Å²) >= 11 is 12.5. The number of halogens is 2. The van der Waals surface area contributed by atoms with Crippen LogP contribution in [-0.4, -0.2) is 72.7 Å². The Morgan fingerprint density at radius 2 is 1.92 bits per heavy atom. The average molecular weight is 591 g/mol. The molecule has 3 fully saturated rings. The van der Waals surface area contributed by atoms with Gasteiger partial charge in [0.15, 0.2) is 11.5 Å².